The number of aromatic nitrogens is 2. The Bertz CT molecular complexity index is 385. The minimum atomic E-state index is -0.337. The maximum absolute atomic E-state index is 11.9. The van der Waals surface area contributed by atoms with Crippen LogP contribution in [0.4, 0.5) is 0 Å². The molecule has 17 heavy (non-hydrogen) atoms. The number of piperazine rings is 1. The average molecular weight is 238 g/mol. The number of carbonyl (C=O) groups excluding carboxylic acids is 1. The van der Waals surface area contributed by atoms with Crippen molar-refractivity contribution >= 4 is 5.97 Å². The Balaban J connectivity index is 2.21. The van der Waals surface area contributed by atoms with Crippen molar-refractivity contribution in [2.75, 3.05) is 33.3 Å². The third-order valence-corrected chi connectivity index (χ3v) is 2.98. The Hall–Kier alpha value is -1.40. The molecule has 1 N–H and O–H groups in total. The normalized spacial score (nSPS) is 18.9. The summed E-state index contributed by atoms with van der Waals surface area (Å²) >= 11 is 0. The number of nitrogens with one attached hydrogen (secondary N) is 1. The molecule has 1 atom stereocenters. The van der Waals surface area contributed by atoms with Crippen LogP contribution in [0.1, 0.15) is 11.6 Å². The van der Waals surface area contributed by atoms with Gasteiger partial charge >= 0.3 is 5.97 Å². The zero-order chi connectivity index (χ0) is 12.3. The van der Waals surface area contributed by atoms with E-state index in [0.717, 1.165) is 31.7 Å². The molecule has 0 radical (unpaired) electrons. The van der Waals surface area contributed by atoms with Gasteiger partial charge in [0, 0.05) is 45.0 Å². The highest BCUT2D eigenvalue weighted by Crippen LogP contribution is 2.21. The van der Waals surface area contributed by atoms with Gasteiger partial charge in [0.1, 0.15) is 6.04 Å². The number of aryl methyl sites for hydroxylation is 1. The summed E-state index contributed by atoms with van der Waals surface area (Å²) in [6.45, 7) is 3.48. The molecule has 0 bridgehead atoms. The zero-order valence-corrected chi connectivity index (χ0v) is 10.2. The number of methoxy groups -OCH3 is 1. The van der Waals surface area contributed by atoms with Crippen LogP contribution >= 0.6 is 0 Å². The molecule has 2 heterocycles. The maximum Gasteiger partial charge on any atom is 0.327 e. The van der Waals surface area contributed by atoms with E-state index in [1.165, 1.54) is 7.11 Å². The van der Waals surface area contributed by atoms with Gasteiger partial charge in [-0.1, -0.05) is 0 Å². The second-order valence-electron chi connectivity index (χ2n) is 4.16. The molecule has 94 valence electrons. The lowest BCUT2D eigenvalue weighted by Crippen LogP contribution is -2.47. The summed E-state index contributed by atoms with van der Waals surface area (Å²) in [5.74, 6) is -0.222. The van der Waals surface area contributed by atoms with E-state index in [1.807, 2.05) is 13.2 Å². The summed E-state index contributed by atoms with van der Waals surface area (Å²) in [6, 6.07) is -0.337. The summed E-state index contributed by atoms with van der Waals surface area (Å²) in [5, 5.41) is 7.38. The smallest absolute Gasteiger partial charge is 0.327 e. The van der Waals surface area contributed by atoms with Crippen molar-refractivity contribution in [3.8, 4) is 0 Å². The second-order valence-corrected chi connectivity index (χ2v) is 4.16. The van der Waals surface area contributed by atoms with Gasteiger partial charge in [-0.2, -0.15) is 5.10 Å². The molecule has 1 fully saturated rings. The first-order chi connectivity index (χ1) is 8.22. The molecule has 0 amide bonds. The van der Waals surface area contributed by atoms with Gasteiger partial charge in [-0.3, -0.25) is 9.58 Å². The van der Waals surface area contributed by atoms with Crippen molar-refractivity contribution in [1.82, 2.24) is 20.0 Å². The monoisotopic (exact) mass is 238 g/mol. The van der Waals surface area contributed by atoms with Crippen LogP contribution in [-0.4, -0.2) is 53.9 Å². The Morgan fingerprint density at radius 1 is 1.53 bits per heavy atom. The zero-order valence-electron chi connectivity index (χ0n) is 10.2. The van der Waals surface area contributed by atoms with Crippen LogP contribution in [-0.2, 0) is 16.6 Å². The van der Waals surface area contributed by atoms with Gasteiger partial charge in [-0.05, 0) is 0 Å². The Morgan fingerprint density at radius 3 is 2.76 bits per heavy atom. The number of nitrogens with zero attached hydrogens (tertiary/aromatic N) is 3. The molecular weight excluding hydrogens is 220 g/mol. The summed E-state index contributed by atoms with van der Waals surface area (Å²) in [4.78, 5) is 14.0. The number of carbonyl (C=O) groups is 1. The van der Waals surface area contributed by atoms with Gasteiger partial charge in [0.15, 0.2) is 0 Å². The second kappa shape index (κ2) is 5.29. The summed E-state index contributed by atoms with van der Waals surface area (Å²) in [6.07, 6.45) is 3.59. The molecule has 1 unspecified atom stereocenters. The van der Waals surface area contributed by atoms with E-state index >= 15 is 0 Å². The number of hydrogen-bond donors (Lipinski definition) is 1. The van der Waals surface area contributed by atoms with Gasteiger partial charge < -0.3 is 10.1 Å². The van der Waals surface area contributed by atoms with Crippen molar-refractivity contribution in [3.63, 3.8) is 0 Å². The standard InChI is InChI=1S/C11H18N4O2/c1-14-8-9(7-13-14)10(11(16)17-2)15-5-3-12-4-6-15/h7-8,10,12H,3-6H2,1-2H3. The molecule has 0 aromatic carbocycles. The fourth-order valence-corrected chi connectivity index (χ4v) is 2.13. The van der Waals surface area contributed by atoms with Crippen LogP contribution in [0.2, 0.25) is 0 Å². The van der Waals surface area contributed by atoms with Gasteiger partial charge in [-0.15, -0.1) is 0 Å². The van der Waals surface area contributed by atoms with E-state index in [4.69, 9.17) is 4.74 Å². The SMILES string of the molecule is COC(=O)C(c1cnn(C)c1)N1CCNCC1. The lowest BCUT2D eigenvalue weighted by Gasteiger charge is -2.32. The first kappa shape index (κ1) is 12.1. The molecular formula is C11H18N4O2. The van der Waals surface area contributed by atoms with Crippen molar-refractivity contribution in [2.45, 2.75) is 6.04 Å². The van der Waals surface area contributed by atoms with Crippen molar-refractivity contribution in [1.29, 1.82) is 0 Å². The molecule has 0 saturated carbocycles. The fourth-order valence-electron chi connectivity index (χ4n) is 2.13. The number of hydrogen-bond acceptors (Lipinski definition) is 5. The first-order valence-corrected chi connectivity index (χ1v) is 5.73. The summed E-state index contributed by atoms with van der Waals surface area (Å²) in [7, 11) is 3.27. The largest absolute Gasteiger partial charge is 0.468 e. The fraction of sp³-hybridized carbons (Fsp3) is 0.636. The topological polar surface area (TPSA) is 59.4 Å². The van der Waals surface area contributed by atoms with E-state index < -0.39 is 0 Å². The van der Waals surface area contributed by atoms with Crippen molar-refractivity contribution in [2.24, 2.45) is 7.05 Å². The molecule has 6 nitrogen and oxygen atoms in total. The molecule has 1 aromatic heterocycles. The lowest BCUT2D eigenvalue weighted by molar-refractivity contribution is -0.147. The molecule has 0 aliphatic carbocycles. The van der Waals surface area contributed by atoms with Crippen LogP contribution < -0.4 is 5.32 Å². The Kier molecular flexibility index (Phi) is 3.75. The van der Waals surface area contributed by atoms with Crippen LogP contribution in [0, 0.1) is 0 Å². The van der Waals surface area contributed by atoms with Crippen LogP contribution in [0.3, 0.4) is 0 Å². The summed E-state index contributed by atoms with van der Waals surface area (Å²) in [5.41, 5.74) is 0.890. The summed E-state index contributed by atoms with van der Waals surface area (Å²) < 4.78 is 6.59. The molecule has 1 aliphatic heterocycles. The van der Waals surface area contributed by atoms with Gasteiger partial charge in [0.25, 0.3) is 0 Å². The van der Waals surface area contributed by atoms with Gasteiger partial charge in [-0.25, -0.2) is 4.79 Å². The lowest BCUT2D eigenvalue weighted by atomic mass is 10.1. The highest BCUT2D eigenvalue weighted by atomic mass is 16.5. The highest BCUT2D eigenvalue weighted by molar-refractivity contribution is 5.77. The van der Waals surface area contributed by atoms with E-state index in [2.05, 4.69) is 15.3 Å². The number of rotatable bonds is 3. The van der Waals surface area contributed by atoms with Crippen molar-refractivity contribution in [3.05, 3.63) is 18.0 Å². The van der Waals surface area contributed by atoms with Gasteiger partial charge in [0.2, 0.25) is 0 Å². The molecule has 1 saturated heterocycles. The van der Waals surface area contributed by atoms with E-state index in [9.17, 15) is 4.79 Å². The van der Waals surface area contributed by atoms with E-state index in [-0.39, 0.29) is 12.0 Å². The Labute approximate surface area is 101 Å². The van der Waals surface area contributed by atoms with Crippen LogP contribution in [0.25, 0.3) is 0 Å². The molecule has 1 aliphatic rings. The third kappa shape index (κ3) is 2.65. The van der Waals surface area contributed by atoms with Gasteiger partial charge in [0.05, 0.1) is 13.3 Å². The predicted octanol–water partition coefficient (Wildman–Crippen LogP) is -0.461. The van der Waals surface area contributed by atoms with Crippen LogP contribution in [0.15, 0.2) is 12.4 Å². The molecule has 1 aromatic rings. The highest BCUT2D eigenvalue weighted by Gasteiger charge is 2.30. The Morgan fingerprint density at radius 2 is 2.24 bits per heavy atom. The number of esters is 1. The van der Waals surface area contributed by atoms with Crippen LogP contribution in [0.5, 0.6) is 0 Å². The molecule has 2 rings (SSSR count). The number of ether oxygens (including phenoxy) is 1. The van der Waals surface area contributed by atoms with E-state index in [0.29, 0.717) is 0 Å². The first-order valence-electron chi connectivity index (χ1n) is 5.73. The quantitative estimate of drug-likeness (QED) is 0.722. The minimum Gasteiger partial charge on any atom is -0.468 e. The molecule has 6 heteroatoms. The predicted molar refractivity (Wildman–Crippen MR) is 62.4 cm³/mol. The van der Waals surface area contributed by atoms with E-state index in [1.54, 1.807) is 10.9 Å². The van der Waals surface area contributed by atoms with Crippen molar-refractivity contribution < 1.29 is 9.53 Å². The maximum atomic E-state index is 11.9. The molecule has 0 spiro atoms. The average Bonchev–Trinajstić information content (AvgIpc) is 2.77. The third-order valence-electron chi connectivity index (χ3n) is 2.98. The minimum absolute atomic E-state index is 0.222.